The van der Waals surface area contributed by atoms with Crippen LogP contribution >= 0.6 is 0 Å². The van der Waals surface area contributed by atoms with Crippen molar-refractivity contribution in [3.8, 4) is 5.75 Å². The second kappa shape index (κ2) is 3.78. The van der Waals surface area contributed by atoms with Gasteiger partial charge in [0, 0.05) is 6.04 Å². The van der Waals surface area contributed by atoms with E-state index in [9.17, 15) is 0 Å². The van der Waals surface area contributed by atoms with Gasteiger partial charge in [0.15, 0.2) is 0 Å². The summed E-state index contributed by atoms with van der Waals surface area (Å²) in [5.74, 6) is 0.745. The van der Waals surface area contributed by atoms with Crippen molar-refractivity contribution in [1.82, 2.24) is 0 Å². The van der Waals surface area contributed by atoms with Crippen LogP contribution in [0.15, 0.2) is 18.2 Å². The van der Waals surface area contributed by atoms with Crippen LogP contribution in [0.4, 0.5) is 11.4 Å². The Morgan fingerprint density at radius 1 is 1.43 bits per heavy atom. The van der Waals surface area contributed by atoms with Gasteiger partial charge in [-0.3, -0.25) is 0 Å². The largest absolute Gasteiger partial charge is 0.495 e. The smallest absolute Gasteiger partial charge is 0.143 e. The van der Waals surface area contributed by atoms with Gasteiger partial charge in [-0.05, 0) is 31.4 Å². The number of nitrogens with one attached hydrogen (secondary N) is 1. The van der Waals surface area contributed by atoms with E-state index in [1.807, 2.05) is 18.2 Å². The minimum Gasteiger partial charge on any atom is -0.495 e. The van der Waals surface area contributed by atoms with Crippen LogP contribution in [0.25, 0.3) is 0 Å². The quantitative estimate of drug-likeness (QED) is 0.722. The fourth-order valence-corrected chi connectivity index (χ4v) is 1.62. The first-order valence-electron chi connectivity index (χ1n) is 5.00. The minimum absolute atomic E-state index is 0.601. The molecule has 0 unspecified atom stereocenters. The molecule has 1 aliphatic carbocycles. The van der Waals surface area contributed by atoms with Crippen LogP contribution in [0, 0.1) is 0 Å². The van der Waals surface area contributed by atoms with E-state index in [1.165, 1.54) is 19.3 Å². The SMILES string of the molecule is COc1cccc(NC2CCC2)c1N. The highest BCUT2D eigenvalue weighted by atomic mass is 16.5. The number of rotatable bonds is 3. The van der Waals surface area contributed by atoms with Crippen molar-refractivity contribution >= 4 is 11.4 Å². The average molecular weight is 192 g/mol. The first kappa shape index (κ1) is 9.19. The minimum atomic E-state index is 0.601. The van der Waals surface area contributed by atoms with Gasteiger partial charge in [-0.2, -0.15) is 0 Å². The van der Waals surface area contributed by atoms with Crippen LogP contribution < -0.4 is 15.8 Å². The third-order valence-electron chi connectivity index (χ3n) is 2.75. The van der Waals surface area contributed by atoms with Crippen molar-refractivity contribution in [2.45, 2.75) is 25.3 Å². The molecular weight excluding hydrogens is 176 g/mol. The number of nitrogen functional groups attached to an aromatic ring is 1. The molecule has 0 radical (unpaired) electrons. The van der Waals surface area contributed by atoms with Crippen LogP contribution in [-0.4, -0.2) is 13.2 Å². The molecule has 0 amide bonds. The lowest BCUT2D eigenvalue weighted by Gasteiger charge is -2.28. The Balaban J connectivity index is 2.15. The maximum absolute atomic E-state index is 5.93. The van der Waals surface area contributed by atoms with Crippen LogP contribution in [-0.2, 0) is 0 Å². The van der Waals surface area contributed by atoms with Crippen LogP contribution in [0.1, 0.15) is 19.3 Å². The number of para-hydroxylation sites is 1. The van der Waals surface area contributed by atoms with Crippen molar-refractivity contribution in [3.05, 3.63) is 18.2 Å². The van der Waals surface area contributed by atoms with Crippen molar-refractivity contribution in [2.24, 2.45) is 0 Å². The summed E-state index contributed by atoms with van der Waals surface area (Å²) in [6.07, 6.45) is 3.81. The monoisotopic (exact) mass is 192 g/mol. The van der Waals surface area contributed by atoms with Gasteiger partial charge < -0.3 is 15.8 Å². The number of anilines is 2. The molecule has 76 valence electrons. The summed E-state index contributed by atoms with van der Waals surface area (Å²) >= 11 is 0. The second-order valence-electron chi connectivity index (χ2n) is 3.69. The Kier molecular flexibility index (Phi) is 2.48. The Bertz CT molecular complexity index is 321. The molecule has 0 aliphatic heterocycles. The van der Waals surface area contributed by atoms with Crippen LogP contribution in [0.5, 0.6) is 5.75 Å². The molecule has 0 atom stereocenters. The van der Waals surface area contributed by atoms with Crippen molar-refractivity contribution in [3.63, 3.8) is 0 Å². The Morgan fingerprint density at radius 3 is 2.79 bits per heavy atom. The molecule has 2 rings (SSSR count). The molecule has 1 aromatic rings. The lowest BCUT2D eigenvalue weighted by molar-refractivity contribution is 0.416. The first-order chi connectivity index (χ1) is 6.81. The van der Waals surface area contributed by atoms with Gasteiger partial charge in [-0.15, -0.1) is 0 Å². The van der Waals surface area contributed by atoms with Gasteiger partial charge in [0.1, 0.15) is 5.75 Å². The molecule has 1 aliphatic rings. The normalized spacial score (nSPS) is 16.1. The number of benzene rings is 1. The zero-order valence-corrected chi connectivity index (χ0v) is 8.42. The highest BCUT2D eigenvalue weighted by Crippen LogP contribution is 2.32. The molecule has 0 aromatic heterocycles. The van der Waals surface area contributed by atoms with E-state index in [0.29, 0.717) is 11.7 Å². The second-order valence-corrected chi connectivity index (χ2v) is 3.69. The molecule has 3 nitrogen and oxygen atoms in total. The van der Waals surface area contributed by atoms with Crippen LogP contribution in [0.2, 0.25) is 0 Å². The summed E-state index contributed by atoms with van der Waals surface area (Å²) in [5.41, 5.74) is 7.64. The van der Waals surface area contributed by atoms with Gasteiger partial charge in [-0.1, -0.05) is 6.07 Å². The van der Waals surface area contributed by atoms with E-state index < -0.39 is 0 Å². The molecule has 0 spiro atoms. The zero-order chi connectivity index (χ0) is 9.97. The molecule has 1 saturated carbocycles. The molecule has 0 saturated heterocycles. The zero-order valence-electron chi connectivity index (χ0n) is 8.42. The Labute approximate surface area is 84.3 Å². The van der Waals surface area contributed by atoms with Crippen molar-refractivity contribution < 1.29 is 4.74 Å². The summed E-state index contributed by atoms with van der Waals surface area (Å²) in [7, 11) is 1.64. The topological polar surface area (TPSA) is 47.3 Å². The molecule has 1 fully saturated rings. The molecular formula is C11H16N2O. The summed E-state index contributed by atoms with van der Waals surface area (Å²) < 4.78 is 5.15. The predicted octanol–water partition coefficient (Wildman–Crippen LogP) is 2.24. The standard InChI is InChI=1S/C11H16N2O/c1-14-10-7-3-6-9(11(10)12)13-8-4-2-5-8/h3,6-8,13H,2,4-5,12H2,1H3. The van der Waals surface area contributed by atoms with Gasteiger partial charge in [0.05, 0.1) is 18.5 Å². The highest BCUT2D eigenvalue weighted by molar-refractivity contribution is 5.73. The van der Waals surface area contributed by atoms with E-state index in [2.05, 4.69) is 5.32 Å². The van der Waals surface area contributed by atoms with E-state index in [0.717, 1.165) is 11.4 Å². The molecule has 1 aromatic carbocycles. The Morgan fingerprint density at radius 2 is 2.21 bits per heavy atom. The van der Waals surface area contributed by atoms with E-state index >= 15 is 0 Å². The fraction of sp³-hybridized carbons (Fsp3) is 0.455. The highest BCUT2D eigenvalue weighted by Gasteiger charge is 2.18. The maximum Gasteiger partial charge on any atom is 0.143 e. The molecule has 3 N–H and O–H groups in total. The third kappa shape index (κ3) is 1.62. The van der Waals surface area contributed by atoms with Gasteiger partial charge >= 0.3 is 0 Å². The summed E-state index contributed by atoms with van der Waals surface area (Å²) in [6, 6.07) is 6.43. The third-order valence-corrected chi connectivity index (χ3v) is 2.75. The number of methoxy groups -OCH3 is 1. The molecule has 3 heteroatoms. The van der Waals surface area contributed by atoms with E-state index in [4.69, 9.17) is 10.5 Å². The van der Waals surface area contributed by atoms with Crippen molar-refractivity contribution in [1.29, 1.82) is 0 Å². The summed E-state index contributed by atoms with van der Waals surface area (Å²) in [4.78, 5) is 0. The summed E-state index contributed by atoms with van der Waals surface area (Å²) in [6.45, 7) is 0. The fourth-order valence-electron chi connectivity index (χ4n) is 1.62. The van der Waals surface area contributed by atoms with E-state index in [1.54, 1.807) is 7.11 Å². The molecule has 0 heterocycles. The van der Waals surface area contributed by atoms with Gasteiger partial charge in [-0.25, -0.2) is 0 Å². The number of hydrogen-bond acceptors (Lipinski definition) is 3. The first-order valence-corrected chi connectivity index (χ1v) is 5.00. The molecule has 14 heavy (non-hydrogen) atoms. The summed E-state index contributed by atoms with van der Waals surface area (Å²) in [5, 5.41) is 3.42. The average Bonchev–Trinajstić information content (AvgIpc) is 2.13. The number of nitrogens with two attached hydrogens (primary N) is 1. The van der Waals surface area contributed by atoms with E-state index in [-0.39, 0.29) is 0 Å². The Hall–Kier alpha value is -1.38. The number of ether oxygens (including phenoxy) is 1. The molecule has 0 bridgehead atoms. The van der Waals surface area contributed by atoms with Gasteiger partial charge in [0.2, 0.25) is 0 Å². The van der Waals surface area contributed by atoms with Crippen LogP contribution in [0.3, 0.4) is 0 Å². The lowest BCUT2D eigenvalue weighted by atomic mass is 9.93. The number of hydrogen-bond donors (Lipinski definition) is 2. The predicted molar refractivity (Wildman–Crippen MR) is 58.7 cm³/mol. The van der Waals surface area contributed by atoms with Gasteiger partial charge in [0.25, 0.3) is 0 Å². The van der Waals surface area contributed by atoms with Crippen molar-refractivity contribution in [2.75, 3.05) is 18.2 Å². The maximum atomic E-state index is 5.93. The lowest BCUT2D eigenvalue weighted by Crippen LogP contribution is -2.27.